The summed E-state index contributed by atoms with van der Waals surface area (Å²) in [7, 11) is 1.71. The van der Waals surface area contributed by atoms with E-state index in [0.717, 1.165) is 23.6 Å². The quantitative estimate of drug-likeness (QED) is 0.462. The van der Waals surface area contributed by atoms with Gasteiger partial charge < -0.3 is 14.8 Å². The van der Waals surface area contributed by atoms with E-state index >= 15 is 0 Å². The van der Waals surface area contributed by atoms with Gasteiger partial charge in [0.2, 0.25) is 0 Å². The lowest BCUT2D eigenvalue weighted by Crippen LogP contribution is -2.64. The third kappa shape index (κ3) is 4.57. The van der Waals surface area contributed by atoms with Gasteiger partial charge in [0.25, 0.3) is 0 Å². The van der Waals surface area contributed by atoms with E-state index in [9.17, 15) is 0 Å². The average molecular weight is 457 g/mol. The first-order valence-corrected chi connectivity index (χ1v) is 12.7. The molecule has 3 fully saturated rings. The highest BCUT2D eigenvalue weighted by Crippen LogP contribution is 2.42. The smallest absolute Gasteiger partial charge is 0.165 e. The Morgan fingerprint density at radius 1 is 0.882 bits per heavy atom. The van der Waals surface area contributed by atoms with E-state index in [0.29, 0.717) is 30.5 Å². The van der Waals surface area contributed by atoms with Gasteiger partial charge in [0.15, 0.2) is 11.5 Å². The van der Waals surface area contributed by atoms with Crippen molar-refractivity contribution in [2.75, 3.05) is 26.8 Å². The van der Waals surface area contributed by atoms with Gasteiger partial charge in [-0.25, -0.2) is 0 Å². The Bertz CT molecular complexity index is 1010. The minimum atomic E-state index is 0.333. The summed E-state index contributed by atoms with van der Waals surface area (Å²) < 4.78 is 11.6. The Hall–Kier alpha value is -2.82. The standard InChI is InChI=1S/C30H36N2O2/c1-3-34-30-25(15-10-16-26(30)33-2)21-31-28-24-17-19-32(20-18-24)29(28)27(22-11-6-4-7-12-22)23-13-8-5-9-14-23/h4-16,24,27-29,31H,3,17-21H2,1-2H3. The van der Waals surface area contributed by atoms with Crippen LogP contribution in [0.4, 0.5) is 0 Å². The number of nitrogens with zero attached hydrogens (tertiary/aromatic N) is 1. The minimum absolute atomic E-state index is 0.333. The number of ether oxygens (including phenoxy) is 2. The van der Waals surface area contributed by atoms with Crippen LogP contribution in [0.15, 0.2) is 78.9 Å². The Balaban J connectivity index is 1.48. The molecule has 0 aromatic heterocycles. The number of methoxy groups -OCH3 is 1. The molecule has 2 bridgehead atoms. The summed E-state index contributed by atoms with van der Waals surface area (Å²) in [5.74, 6) is 2.68. The second-order valence-electron chi connectivity index (χ2n) is 9.45. The molecule has 3 aliphatic rings. The highest BCUT2D eigenvalue weighted by atomic mass is 16.5. The van der Waals surface area contributed by atoms with E-state index < -0.39 is 0 Å². The van der Waals surface area contributed by atoms with Crippen molar-refractivity contribution in [2.24, 2.45) is 5.92 Å². The van der Waals surface area contributed by atoms with Crippen molar-refractivity contribution in [1.82, 2.24) is 10.2 Å². The molecule has 3 aromatic rings. The SMILES string of the molecule is CCOc1c(CNC2C3CCN(CC3)C2C(c2ccccc2)c2ccccc2)cccc1OC. The molecular formula is C30H36N2O2. The average Bonchev–Trinajstić information content (AvgIpc) is 2.90. The summed E-state index contributed by atoms with van der Waals surface area (Å²) in [6.45, 7) is 5.80. The van der Waals surface area contributed by atoms with Crippen LogP contribution in [-0.4, -0.2) is 43.8 Å². The van der Waals surface area contributed by atoms with Crippen LogP contribution in [0.25, 0.3) is 0 Å². The van der Waals surface area contributed by atoms with Gasteiger partial charge in [0.05, 0.1) is 13.7 Å². The molecule has 4 nitrogen and oxygen atoms in total. The van der Waals surface area contributed by atoms with E-state index in [2.05, 4.69) is 83.0 Å². The fraction of sp³-hybridized carbons (Fsp3) is 0.400. The lowest BCUT2D eigenvalue weighted by atomic mass is 9.70. The van der Waals surface area contributed by atoms with Gasteiger partial charge in [-0.1, -0.05) is 72.8 Å². The van der Waals surface area contributed by atoms with Crippen LogP contribution in [0.2, 0.25) is 0 Å². The van der Waals surface area contributed by atoms with Gasteiger partial charge >= 0.3 is 0 Å². The van der Waals surface area contributed by atoms with Gasteiger partial charge in [0.1, 0.15) is 0 Å². The third-order valence-corrected chi connectivity index (χ3v) is 7.63. The lowest BCUT2D eigenvalue weighted by molar-refractivity contribution is 0.00460. The van der Waals surface area contributed by atoms with Crippen molar-refractivity contribution in [3.05, 3.63) is 95.6 Å². The second kappa shape index (κ2) is 10.6. The molecule has 0 amide bonds. The van der Waals surface area contributed by atoms with E-state index in [1.165, 1.54) is 37.1 Å². The predicted octanol–water partition coefficient (Wildman–Crippen LogP) is 5.48. The summed E-state index contributed by atoms with van der Waals surface area (Å²) >= 11 is 0. The van der Waals surface area contributed by atoms with E-state index in [-0.39, 0.29) is 0 Å². The molecule has 2 atom stereocenters. The molecule has 3 saturated heterocycles. The lowest BCUT2D eigenvalue weighted by Gasteiger charge is -2.54. The molecule has 4 heteroatoms. The van der Waals surface area contributed by atoms with Crippen molar-refractivity contribution in [3.63, 3.8) is 0 Å². The van der Waals surface area contributed by atoms with Gasteiger partial charge in [-0.2, -0.15) is 0 Å². The van der Waals surface area contributed by atoms with Crippen molar-refractivity contribution < 1.29 is 9.47 Å². The molecule has 6 rings (SSSR count). The molecule has 3 aliphatic heterocycles. The second-order valence-corrected chi connectivity index (χ2v) is 9.45. The molecule has 3 heterocycles. The van der Waals surface area contributed by atoms with Gasteiger partial charge in [0, 0.05) is 30.1 Å². The van der Waals surface area contributed by atoms with Crippen LogP contribution in [0, 0.1) is 5.92 Å². The Labute approximate surface area is 203 Å². The fourth-order valence-corrected chi connectivity index (χ4v) is 6.09. The highest BCUT2D eigenvalue weighted by molar-refractivity contribution is 5.46. The number of benzene rings is 3. The van der Waals surface area contributed by atoms with E-state index in [1.54, 1.807) is 7.11 Å². The number of nitrogens with one attached hydrogen (secondary N) is 1. The zero-order chi connectivity index (χ0) is 23.3. The zero-order valence-electron chi connectivity index (χ0n) is 20.3. The summed E-state index contributed by atoms with van der Waals surface area (Å²) in [5, 5.41) is 4.01. The maximum Gasteiger partial charge on any atom is 0.165 e. The monoisotopic (exact) mass is 456 g/mol. The van der Waals surface area contributed by atoms with Crippen molar-refractivity contribution in [1.29, 1.82) is 0 Å². The largest absolute Gasteiger partial charge is 0.493 e. The summed E-state index contributed by atoms with van der Waals surface area (Å²) in [6.07, 6.45) is 2.53. The number of rotatable bonds is 9. The number of para-hydroxylation sites is 1. The zero-order valence-corrected chi connectivity index (χ0v) is 20.3. The molecule has 178 valence electrons. The van der Waals surface area contributed by atoms with Gasteiger partial charge in [-0.15, -0.1) is 0 Å². The van der Waals surface area contributed by atoms with Crippen molar-refractivity contribution in [3.8, 4) is 11.5 Å². The van der Waals surface area contributed by atoms with E-state index in [1.807, 2.05) is 13.0 Å². The van der Waals surface area contributed by atoms with Crippen molar-refractivity contribution in [2.45, 2.75) is 44.3 Å². The molecule has 34 heavy (non-hydrogen) atoms. The molecule has 0 radical (unpaired) electrons. The summed E-state index contributed by atoms with van der Waals surface area (Å²) in [4.78, 5) is 2.73. The van der Waals surface area contributed by atoms with Crippen LogP contribution in [0.5, 0.6) is 11.5 Å². The third-order valence-electron chi connectivity index (χ3n) is 7.63. The maximum atomic E-state index is 6.00. The number of hydrogen-bond donors (Lipinski definition) is 1. The van der Waals surface area contributed by atoms with Crippen LogP contribution >= 0.6 is 0 Å². The first kappa shape index (κ1) is 22.9. The maximum absolute atomic E-state index is 6.00. The van der Waals surface area contributed by atoms with Crippen LogP contribution in [0.3, 0.4) is 0 Å². The molecule has 1 N–H and O–H groups in total. The highest BCUT2D eigenvalue weighted by Gasteiger charge is 2.46. The van der Waals surface area contributed by atoms with Crippen LogP contribution < -0.4 is 14.8 Å². The Kier molecular flexibility index (Phi) is 7.17. The predicted molar refractivity (Wildman–Crippen MR) is 138 cm³/mol. The minimum Gasteiger partial charge on any atom is -0.493 e. The first-order chi connectivity index (χ1) is 16.8. The Morgan fingerprint density at radius 3 is 2.12 bits per heavy atom. The summed E-state index contributed by atoms with van der Waals surface area (Å²) in [5.41, 5.74) is 3.95. The normalized spacial score (nSPS) is 23.7. The van der Waals surface area contributed by atoms with E-state index in [4.69, 9.17) is 9.47 Å². The van der Waals surface area contributed by atoms with Gasteiger partial charge in [-0.3, -0.25) is 4.90 Å². The number of fused-ring (bicyclic) bond motifs is 3. The fourth-order valence-electron chi connectivity index (χ4n) is 6.09. The molecule has 0 saturated carbocycles. The van der Waals surface area contributed by atoms with Gasteiger partial charge in [-0.05, 0) is 56.0 Å². The van der Waals surface area contributed by atoms with Crippen LogP contribution in [-0.2, 0) is 6.54 Å². The molecule has 3 aromatic carbocycles. The number of piperidine rings is 3. The van der Waals surface area contributed by atoms with Crippen LogP contribution in [0.1, 0.15) is 42.4 Å². The Morgan fingerprint density at radius 2 is 1.53 bits per heavy atom. The number of hydrogen-bond acceptors (Lipinski definition) is 4. The topological polar surface area (TPSA) is 33.7 Å². The molecule has 0 spiro atoms. The molecular weight excluding hydrogens is 420 g/mol. The summed E-state index contributed by atoms with van der Waals surface area (Å²) in [6, 6.07) is 29.2. The molecule has 2 unspecified atom stereocenters. The first-order valence-electron chi connectivity index (χ1n) is 12.7. The molecule has 0 aliphatic carbocycles. The van der Waals surface area contributed by atoms with Crippen molar-refractivity contribution >= 4 is 0 Å².